The van der Waals surface area contributed by atoms with Crippen LogP contribution in [-0.2, 0) is 9.59 Å². The lowest BCUT2D eigenvalue weighted by atomic mass is 9.98. The fourth-order valence-corrected chi connectivity index (χ4v) is 2.53. The molecule has 0 aromatic heterocycles. The van der Waals surface area contributed by atoms with E-state index in [0.717, 1.165) is 12.0 Å². The fourth-order valence-electron chi connectivity index (χ4n) is 2.53. The van der Waals surface area contributed by atoms with Gasteiger partial charge in [0.15, 0.2) is 6.61 Å². The van der Waals surface area contributed by atoms with E-state index in [1.165, 1.54) is 6.92 Å². The molecular formula is C21H25N3O4. The second-order valence-electron chi connectivity index (χ2n) is 6.40. The van der Waals surface area contributed by atoms with Crippen LogP contribution in [0.15, 0.2) is 48.5 Å². The van der Waals surface area contributed by atoms with Crippen molar-refractivity contribution in [3.8, 4) is 5.75 Å². The van der Waals surface area contributed by atoms with Gasteiger partial charge in [0.05, 0.1) is 0 Å². The average Bonchev–Trinajstić information content (AvgIpc) is 2.70. The summed E-state index contributed by atoms with van der Waals surface area (Å²) in [5, 5.41) is 2.61. The highest BCUT2D eigenvalue weighted by molar-refractivity contribution is 5.96. The third-order valence-electron chi connectivity index (χ3n) is 4.20. The van der Waals surface area contributed by atoms with Crippen molar-refractivity contribution < 1.29 is 19.1 Å². The summed E-state index contributed by atoms with van der Waals surface area (Å²) < 4.78 is 5.61. The van der Waals surface area contributed by atoms with E-state index in [-0.39, 0.29) is 12.5 Å². The highest BCUT2D eigenvalue weighted by atomic mass is 16.5. The van der Waals surface area contributed by atoms with Crippen LogP contribution in [0.3, 0.4) is 0 Å². The van der Waals surface area contributed by atoms with E-state index in [4.69, 9.17) is 4.74 Å². The SMILES string of the molecule is CCC(C)c1ccccc1OCC(=O)NNC(=O)c1ccc(NC(C)=O)cc1. The number of amides is 3. The first-order valence-electron chi connectivity index (χ1n) is 9.09. The first kappa shape index (κ1) is 21.0. The van der Waals surface area contributed by atoms with Crippen molar-refractivity contribution in [2.75, 3.05) is 11.9 Å². The van der Waals surface area contributed by atoms with Crippen LogP contribution in [0.25, 0.3) is 0 Å². The molecule has 0 bridgehead atoms. The molecule has 0 heterocycles. The van der Waals surface area contributed by atoms with E-state index in [1.807, 2.05) is 24.3 Å². The molecule has 7 nitrogen and oxygen atoms in total. The number of anilines is 1. The maximum absolute atomic E-state index is 12.1. The predicted molar refractivity (Wildman–Crippen MR) is 107 cm³/mol. The molecular weight excluding hydrogens is 358 g/mol. The first-order chi connectivity index (χ1) is 13.4. The number of hydrogen-bond acceptors (Lipinski definition) is 4. The molecule has 0 saturated heterocycles. The van der Waals surface area contributed by atoms with Gasteiger partial charge in [-0.2, -0.15) is 0 Å². The molecule has 7 heteroatoms. The van der Waals surface area contributed by atoms with E-state index in [2.05, 4.69) is 30.0 Å². The molecule has 0 aliphatic carbocycles. The van der Waals surface area contributed by atoms with Crippen molar-refractivity contribution in [1.29, 1.82) is 0 Å². The monoisotopic (exact) mass is 383 g/mol. The van der Waals surface area contributed by atoms with Gasteiger partial charge < -0.3 is 10.1 Å². The zero-order valence-electron chi connectivity index (χ0n) is 16.2. The lowest BCUT2D eigenvalue weighted by Crippen LogP contribution is -2.43. The molecule has 2 rings (SSSR count). The Morgan fingerprint density at radius 2 is 1.68 bits per heavy atom. The largest absolute Gasteiger partial charge is 0.483 e. The highest BCUT2D eigenvalue weighted by Crippen LogP contribution is 2.28. The van der Waals surface area contributed by atoms with Gasteiger partial charge >= 0.3 is 0 Å². The second kappa shape index (κ2) is 10.1. The van der Waals surface area contributed by atoms with E-state index >= 15 is 0 Å². The third kappa shape index (κ3) is 6.12. The minimum atomic E-state index is -0.470. The molecule has 0 spiro atoms. The van der Waals surface area contributed by atoms with Crippen LogP contribution in [0.2, 0.25) is 0 Å². The smallest absolute Gasteiger partial charge is 0.276 e. The van der Waals surface area contributed by atoms with E-state index in [9.17, 15) is 14.4 Å². The Morgan fingerprint density at radius 1 is 1.00 bits per heavy atom. The number of benzene rings is 2. The number of carbonyl (C=O) groups is 3. The van der Waals surface area contributed by atoms with Crippen molar-refractivity contribution in [3.63, 3.8) is 0 Å². The van der Waals surface area contributed by atoms with Gasteiger partial charge in [0.25, 0.3) is 11.8 Å². The Balaban J connectivity index is 1.84. The van der Waals surface area contributed by atoms with E-state index < -0.39 is 11.8 Å². The Hall–Kier alpha value is -3.35. The molecule has 2 aromatic carbocycles. The quantitative estimate of drug-likeness (QED) is 0.641. The summed E-state index contributed by atoms with van der Waals surface area (Å²) in [6.07, 6.45) is 0.962. The molecule has 1 unspecified atom stereocenters. The summed E-state index contributed by atoms with van der Waals surface area (Å²) in [5.74, 6) is -0.157. The zero-order valence-corrected chi connectivity index (χ0v) is 16.2. The molecule has 0 aliphatic rings. The van der Waals surface area contributed by atoms with Crippen LogP contribution in [0.4, 0.5) is 5.69 Å². The number of nitrogens with one attached hydrogen (secondary N) is 3. The summed E-state index contributed by atoms with van der Waals surface area (Å²) in [6, 6.07) is 13.9. The molecule has 0 aliphatic heterocycles. The highest BCUT2D eigenvalue weighted by Gasteiger charge is 2.12. The first-order valence-corrected chi connectivity index (χ1v) is 9.09. The maximum Gasteiger partial charge on any atom is 0.276 e. The predicted octanol–water partition coefficient (Wildman–Crippen LogP) is 3.00. The minimum Gasteiger partial charge on any atom is -0.483 e. The number of ether oxygens (including phenoxy) is 1. The lowest BCUT2D eigenvalue weighted by molar-refractivity contribution is -0.123. The fraction of sp³-hybridized carbons (Fsp3) is 0.286. The summed E-state index contributed by atoms with van der Waals surface area (Å²) in [6.45, 7) is 5.38. The van der Waals surface area contributed by atoms with E-state index in [1.54, 1.807) is 24.3 Å². The number of hydrazine groups is 1. The van der Waals surface area contributed by atoms with Crippen molar-refractivity contribution in [3.05, 3.63) is 59.7 Å². The lowest BCUT2D eigenvalue weighted by Gasteiger charge is -2.15. The van der Waals surface area contributed by atoms with Crippen LogP contribution in [0.5, 0.6) is 5.75 Å². The van der Waals surface area contributed by atoms with Gasteiger partial charge in [-0.05, 0) is 48.2 Å². The normalized spacial score (nSPS) is 11.2. The van der Waals surface area contributed by atoms with Crippen LogP contribution >= 0.6 is 0 Å². The number of rotatable bonds is 7. The summed E-state index contributed by atoms with van der Waals surface area (Å²) in [5.41, 5.74) is 6.64. The molecule has 2 aromatic rings. The average molecular weight is 383 g/mol. The van der Waals surface area contributed by atoms with Gasteiger partial charge in [-0.15, -0.1) is 0 Å². The van der Waals surface area contributed by atoms with Gasteiger partial charge in [-0.25, -0.2) is 0 Å². The Bertz CT molecular complexity index is 834. The van der Waals surface area contributed by atoms with Crippen molar-refractivity contribution in [2.24, 2.45) is 0 Å². The molecule has 0 fully saturated rings. The van der Waals surface area contributed by atoms with Crippen LogP contribution in [0.1, 0.15) is 49.0 Å². The molecule has 3 N–H and O–H groups in total. The van der Waals surface area contributed by atoms with Gasteiger partial charge in [-0.3, -0.25) is 25.2 Å². The standard InChI is InChI=1S/C21H25N3O4/c1-4-14(2)18-7-5-6-8-19(18)28-13-20(26)23-24-21(27)16-9-11-17(12-10-16)22-15(3)25/h5-12,14H,4,13H2,1-3H3,(H,22,25)(H,23,26)(H,24,27). The summed E-state index contributed by atoms with van der Waals surface area (Å²) in [7, 11) is 0. The van der Waals surface area contributed by atoms with Gasteiger partial charge in [0.1, 0.15) is 5.75 Å². The van der Waals surface area contributed by atoms with Crippen molar-refractivity contribution in [1.82, 2.24) is 10.9 Å². The Morgan fingerprint density at radius 3 is 2.32 bits per heavy atom. The van der Waals surface area contributed by atoms with Crippen LogP contribution in [-0.4, -0.2) is 24.3 Å². The number of hydrogen-bond donors (Lipinski definition) is 3. The van der Waals surface area contributed by atoms with Crippen molar-refractivity contribution >= 4 is 23.4 Å². The van der Waals surface area contributed by atoms with E-state index in [0.29, 0.717) is 22.9 Å². The van der Waals surface area contributed by atoms with Crippen molar-refractivity contribution in [2.45, 2.75) is 33.1 Å². The number of para-hydroxylation sites is 1. The zero-order chi connectivity index (χ0) is 20.5. The van der Waals surface area contributed by atoms with Gasteiger partial charge in [0.2, 0.25) is 5.91 Å². The Labute approximate surface area is 164 Å². The van der Waals surface area contributed by atoms with Gasteiger partial charge in [-0.1, -0.05) is 32.0 Å². The molecule has 0 radical (unpaired) electrons. The Kier molecular flexibility index (Phi) is 7.56. The summed E-state index contributed by atoms with van der Waals surface area (Å²) in [4.78, 5) is 35.1. The second-order valence-corrected chi connectivity index (χ2v) is 6.40. The minimum absolute atomic E-state index is 0.195. The molecule has 0 saturated carbocycles. The maximum atomic E-state index is 12.1. The third-order valence-corrected chi connectivity index (χ3v) is 4.20. The molecule has 148 valence electrons. The molecule has 3 amide bonds. The van der Waals surface area contributed by atoms with Gasteiger partial charge in [0, 0.05) is 18.2 Å². The molecule has 1 atom stereocenters. The summed E-state index contributed by atoms with van der Waals surface area (Å²) >= 11 is 0. The molecule has 28 heavy (non-hydrogen) atoms. The van der Waals surface area contributed by atoms with Crippen LogP contribution in [0, 0.1) is 0 Å². The number of carbonyl (C=O) groups excluding carboxylic acids is 3. The van der Waals surface area contributed by atoms with Crippen LogP contribution < -0.4 is 20.9 Å². The topological polar surface area (TPSA) is 96.5 Å².